The normalized spacial score (nSPS) is 21.5. The molecular formula is C13H17N5O2. The van der Waals surface area contributed by atoms with Crippen molar-refractivity contribution in [3.8, 4) is 17.1 Å². The second kappa shape index (κ2) is 5.09. The van der Waals surface area contributed by atoms with Crippen LogP contribution in [-0.2, 0) is 4.74 Å². The summed E-state index contributed by atoms with van der Waals surface area (Å²) in [6.45, 7) is 0. The molecule has 1 aliphatic carbocycles. The number of methoxy groups -OCH3 is 2. The summed E-state index contributed by atoms with van der Waals surface area (Å²) in [6, 6.07) is 5.73. The van der Waals surface area contributed by atoms with Gasteiger partial charge in [0.05, 0.1) is 24.8 Å². The Morgan fingerprint density at radius 1 is 1.30 bits per heavy atom. The Labute approximate surface area is 116 Å². The van der Waals surface area contributed by atoms with Crippen LogP contribution < -0.4 is 10.5 Å². The first kappa shape index (κ1) is 12.9. The summed E-state index contributed by atoms with van der Waals surface area (Å²) >= 11 is 0. The van der Waals surface area contributed by atoms with Gasteiger partial charge in [-0.25, -0.2) is 4.68 Å². The molecule has 1 heterocycles. The Morgan fingerprint density at radius 2 is 2.10 bits per heavy atom. The molecule has 3 rings (SSSR count). The highest BCUT2D eigenvalue weighted by atomic mass is 16.5. The van der Waals surface area contributed by atoms with Crippen LogP contribution in [0, 0.1) is 0 Å². The monoisotopic (exact) mass is 275 g/mol. The average Bonchev–Trinajstić information content (AvgIpc) is 2.86. The number of anilines is 1. The van der Waals surface area contributed by atoms with E-state index in [0.717, 1.165) is 18.4 Å². The SMILES string of the molecule is COc1cc(N)ccc1-c1nnnn1C1CC(OC)C1. The number of aromatic nitrogens is 4. The lowest BCUT2D eigenvalue weighted by Gasteiger charge is -2.34. The molecule has 106 valence electrons. The van der Waals surface area contributed by atoms with Crippen molar-refractivity contribution < 1.29 is 9.47 Å². The molecule has 20 heavy (non-hydrogen) atoms. The molecule has 0 bridgehead atoms. The van der Waals surface area contributed by atoms with Crippen molar-refractivity contribution in [2.24, 2.45) is 0 Å². The summed E-state index contributed by atoms with van der Waals surface area (Å²) in [6.07, 6.45) is 2.14. The van der Waals surface area contributed by atoms with E-state index in [0.29, 0.717) is 23.4 Å². The topological polar surface area (TPSA) is 88.1 Å². The van der Waals surface area contributed by atoms with Gasteiger partial charge in [0.25, 0.3) is 0 Å². The number of nitrogens with two attached hydrogens (primary N) is 1. The van der Waals surface area contributed by atoms with E-state index in [4.69, 9.17) is 15.2 Å². The fourth-order valence-corrected chi connectivity index (χ4v) is 2.44. The van der Waals surface area contributed by atoms with Gasteiger partial charge in [-0.05, 0) is 35.4 Å². The number of rotatable bonds is 4. The number of tetrazole rings is 1. The zero-order chi connectivity index (χ0) is 14.1. The summed E-state index contributed by atoms with van der Waals surface area (Å²) < 4.78 is 12.5. The molecule has 0 atom stereocenters. The third-order valence-electron chi connectivity index (χ3n) is 3.71. The van der Waals surface area contributed by atoms with Crippen molar-refractivity contribution in [1.29, 1.82) is 0 Å². The van der Waals surface area contributed by atoms with Crippen LogP contribution in [0.4, 0.5) is 5.69 Å². The third kappa shape index (κ3) is 2.09. The van der Waals surface area contributed by atoms with Crippen molar-refractivity contribution in [2.75, 3.05) is 20.0 Å². The van der Waals surface area contributed by atoms with E-state index >= 15 is 0 Å². The first-order valence-corrected chi connectivity index (χ1v) is 6.47. The van der Waals surface area contributed by atoms with E-state index in [1.807, 2.05) is 16.8 Å². The minimum absolute atomic E-state index is 0.271. The molecule has 1 aromatic carbocycles. The van der Waals surface area contributed by atoms with Crippen LogP contribution in [0.1, 0.15) is 18.9 Å². The van der Waals surface area contributed by atoms with E-state index in [1.165, 1.54) is 0 Å². The molecule has 7 heteroatoms. The minimum Gasteiger partial charge on any atom is -0.496 e. The van der Waals surface area contributed by atoms with Gasteiger partial charge in [-0.1, -0.05) is 0 Å². The van der Waals surface area contributed by atoms with Crippen molar-refractivity contribution in [3.63, 3.8) is 0 Å². The first-order chi connectivity index (χ1) is 9.72. The van der Waals surface area contributed by atoms with Crippen LogP contribution in [0.5, 0.6) is 5.75 Å². The number of hydrogen-bond donors (Lipinski definition) is 1. The molecule has 0 aliphatic heterocycles. The first-order valence-electron chi connectivity index (χ1n) is 6.47. The summed E-state index contributed by atoms with van der Waals surface area (Å²) in [5.41, 5.74) is 7.26. The molecule has 0 amide bonds. The highest BCUT2D eigenvalue weighted by Gasteiger charge is 2.33. The molecule has 7 nitrogen and oxygen atoms in total. The molecule has 1 saturated carbocycles. The van der Waals surface area contributed by atoms with Gasteiger partial charge in [-0.15, -0.1) is 5.10 Å². The summed E-state index contributed by atoms with van der Waals surface area (Å²) in [5, 5.41) is 12.0. The van der Waals surface area contributed by atoms with Gasteiger partial charge in [-0.3, -0.25) is 0 Å². The highest BCUT2D eigenvalue weighted by molar-refractivity contribution is 5.67. The fourth-order valence-electron chi connectivity index (χ4n) is 2.44. The molecule has 0 radical (unpaired) electrons. The van der Waals surface area contributed by atoms with Crippen LogP contribution in [0.15, 0.2) is 18.2 Å². The van der Waals surface area contributed by atoms with Crippen LogP contribution in [0.25, 0.3) is 11.4 Å². The van der Waals surface area contributed by atoms with E-state index in [-0.39, 0.29) is 6.04 Å². The zero-order valence-corrected chi connectivity index (χ0v) is 11.5. The lowest BCUT2D eigenvalue weighted by Crippen LogP contribution is -2.33. The Hall–Kier alpha value is -2.15. The maximum Gasteiger partial charge on any atom is 0.186 e. The van der Waals surface area contributed by atoms with Crippen molar-refractivity contribution in [2.45, 2.75) is 25.0 Å². The second-order valence-corrected chi connectivity index (χ2v) is 4.89. The Bertz CT molecular complexity index is 607. The average molecular weight is 275 g/mol. The maximum absolute atomic E-state index is 5.77. The van der Waals surface area contributed by atoms with E-state index < -0.39 is 0 Å². The molecule has 1 aliphatic rings. The molecule has 1 fully saturated rings. The predicted molar refractivity (Wildman–Crippen MR) is 73.3 cm³/mol. The smallest absolute Gasteiger partial charge is 0.186 e. The van der Waals surface area contributed by atoms with Gasteiger partial charge < -0.3 is 15.2 Å². The molecule has 0 unspecified atom stereocenters. The van der Waals surface area contributed by atoms with Crippen LogP contribution in [0.3, 0.4) is 0 Å². The zero-order valence-electron chi connectivity index (χ0n) is 11.5. The highest BCUT2D eigenvalue weighted by Crippen LogP contribution is 2.37. The Morgan fingerprint density at radius 3 is 2.80 bits per heavy atom. The van der Waals surface area contributed by atoms with E-state index in [9.17, 15) is 0 Å². The standard InChI is InChI=1S/C13H17N5O2/c1-19-10-6-9(7-10)18-13(15-16-17-18)11-4-3-8(14)5-12(11)20-2/h3-5,9-10H,6-7,14H2,1-2H3. The van der Waals surface area contributed by atoms with Gasteiger partial charge in [0.2, 0.25) is 0 Å². The van der Waals surface area contributed by atoms with Gasteiger partial charge in [0, 0.05) is 18.9 Å². The van der Waals surface area contributed by atoms with Crippen molar-refractivity contribution >= 4 is 5.69 Å². The van der Waals surface area contributed by atoms with Gasteiger partial charge in [-0.2, -0.15) is 0 Å². The number of nitrogens with zero attached hydrogens (tertiary/aromatic N) is 4. The molecule has 0 spiro atoms. The van der Waals surface area contributed by atoms with Crippen LogP contribution in [0.2, 0.25) is 0 Å². The number of benzene rings is 1. The summed E-state index contributed by atoms with van der Waals surface area (Å²) in [5.74, 6) is 1.37. The van der Waals surface area contributed by atoms with Gasteiger partial charge >= 0.3 is 0 Å². The summed E-state index contributed by atoms with van der Waals surface area (Å²) in [7, 11) is 3.33. The fraction of sp³-hybridized carbons (Fsp3) is 0.462. The Balaban J connectivity index is 1.94. The third-order valence-corrected chi connectivity index (χ3v) is 3.71. The number of hydrogen-bond acceptors (Lipinski definition) is 6. The molecule has 0 saturated heterocycles. The molecular weight excluding hydrogens is 258 g/mol. The number of nitrogen functional groups attached to an aromatic ring is 1. The van der Waals surface area contributed by atoms with Crippen LogP contribution >= 0.6 is 0 Å². The van der Waals surface area contributed by atoms with E-state index in [1.54, 1.807) is 20.3 Å². The largest absolute Gasteiger partial charge is 0.496 e. The number of ether oxygens (including phenoxy) is 2. The quantitative estimate of drug-likeness (QED) is 0.846. The van der Waals surface area contributed by atoms with E-state index in [2.05, 4.69) is 15.5 Å². The molecule has 2 aromatic rings. The summed E-state index contributed by atoms with van der Waals surface area (Å²) in [4.78, 5) is 0. The minimum atomic E-state index is 0.271. The van der Waals surface area contributed by atoms with Crippen LogP contribution in [-0.4, -0.2) is 40.5 Å². The van der Waals surface area contributed by atoms with Crippen molar-refractivity contribution in [1.82, 2.24) is 20.2 Å². The predicted octanol–water partition coefficient (Wildman–Crippen LogP) is 1.28. The van der Waals surface area contributed by atoms with Crippen molar-refractivity contribution in [3.05, 3.63) is 18.2 Å². The molecule has 2 N–H and O–H groups in total. The van der Waals surface area contributed by atoms with Gasteiger partial charge in [0.1, 0.15) is 5.75 Å². The molecule has 1 aromatic heterocycles. The van der Waals surface area contributed by atoms with Gasteiger partial charge in [0.15, 0.2) is 5.82 Å². The lowest BCUT2D eigenvalue weighted by atomic mass is 9.89. The second-order valence-electron chi connectivity index (χ2n) is 4.89. The lowest BCUT2D eigenvalue weighted by molar-refractivity contribution is 0.00247. The maximum atomic E-state index is 5.77. The Kier molecular flexibility index (Phi) is 3.27.